The molecule has 0 bridgehead atoms. The van der Waals surface area contributed by atoms with Crippen molar-refractivity contribution >= 4 is 27.9 Å². The first-order valence-corrected chi connectivity index (χ1v) is 7.81. The molecule has 0 aromatic heterocycles. The zero-order chi connectivity index (χ0) is 15.3. The SMILES string of the molecule is CCCCCCC(=O)ON1C(=O)CC(S(=O)(=O)O)C1=O.[H-].[Na+]. The molecule has 1 atom stereocenters. The number of amides is 2. The van der Waals surface area contributed by atoms with Crippen molar-refractivity contribution < 1.29 is 63.2 Å². The predicted molar refractivity (Wildman–Crippen MR) is 67.8 cm³/mol. The molecule has 0 spiro atoms. The van der Waals surface area contributed by atoms with Crippen molar-refractivity contribution in [1.82, 2.24) is 5.06 Å². The number of hydroxylamine groups is 2. The summed E-state index contributed by atoms with van der Waals surface area (Å²) in [7, 11) is -4.68. The molecule has 0 saturated carbocycles. The molecule has 0 aliphatic carbocycles. The molecular formula is C11H18NNaO7S. The summed E-state index contributed by atoms with van der Waals surface area (Å²) in [5.41, 5.74) is 0. The maximum atomic E-state index is 11.6. The molecule has 1 N–H and O–H groups in total. The fraction of sp³-hybridized carbons (Fsp3) is 0.727. The van der Waals surface area contributed by atoms with Crippen LogP contribution in [0.3, 0.4) is 0 Å². The van der Waals surface area contributed by atoms with E-state index in [9.17, 15) is 22.8 Å². The Hall–Kier alpha value is -0.480. The van der Waals surface area contributed by atoms with Crippen molar-refractivity contribution in [3.05, 3.63) is 0 Å². The number of carbonyl (C=O) groups is 3. The first-order valence-electron chi connectivity index (χ1n) is 6.31. The number of hydrogen-bond donors (Lipinski definition) is 1. The van der Waals surface area contributed by atoms with Gasteiger partial charge in [0.25, 0.3) is 21.9 Å². The molecule has 1 unspecified atom stereocenters. The molecule has 1 rings (SSSR count). The van der Waals surface area contributed by atoms with Gasteiger partial charge in [0.15, 0.2) is 5.25 Å². The van der Waals surface area contributed by atoms with Crippen molar-refractivity contribution in [3.8, 4) is 0 Å². The third kappa shape index (κ3) is 6.03. The third-order valence-electron chi connectivity index (χ3n) is 2.85. The van der Waals surface area contributed by atoms with Crippen molar-refractivity contribution in [2.75, 3.05) is 0 Å². The summed E-state index contributed by atoms with van der Waals surface area (Å²) in [5, 5.41) is -1.76. The number of unbranched alkanes of at least 4 members (excludes halogenated alkanes) is 3. The van der Waals surface area contributed by atoms with E-state index in [1.165, 1.54) is 0 Å². The van der Waals surface area contributed by atoms with Crippen molar-refractivity contribution in [3.63, 3.8) is 0 Å². The minimum Gasteiger partial charge on any atom is -1.00 e. The average molecular weight is 331 g/mol. The standard InChI is InChI=1S/C11H17NO7S.Na.H/c1-2-3-4-5-6-10(14)19-12-9(13)7-8(11(12)15)20(16,17)18;;/h8H,2-7H2,1H3,(H,16,17,18);;/q;+1;-1. The first kappa shape index (κ1) is 20.5. The van der Waals surface area contributed by atoms with Gasteiger partial charge in [0.1, 0.15) is 0 Å². The normalized spacial score (nSPS) is 18.6. The minimum atomic E-state index is -4.68. The Kier molecular flexibility index (Phi) is 8.64. The van der Waals surface area contributed by atoms with Gasteiger partial charge in [-0.1, -0.05) is 26.2 Å². The summed E-state index contributed by atoms with van der Waals surface area (Å²) in [4.78, 5) is 39.0. The quantitative estimate of drug-likeness (QED) is 0.238. The van der Waals surface area contributed by atoms with Gasteiger partial charge < -0.3 is 6.26 Å². The largest absolute Gasteiger partial charge is 1.00 e. The van der Waals surface area contributed by atoms with Crippen molar-refractivity contribution in [1.29, 1.82) is 0 Å². The topological polar surface area (TPSA) is 118 Å². The summed E-state index contributed by atoms with van der Waals surface area (Å²) in [6.45, 7) is 2.01. The molecule has 1 aliphatic rings. The maximum absolute atomic E-state index is 11.6. The molecule has 0 aromatic rings. The molecule has 0 radical (unpaired) electrons. The van der Waals surface area contributed by atoms with Gasteiger partial charge in [0, 0.05) is 6.42 Å². The van der Waals surface area contributed by atoms with Gasteiger partial charge in [-0.15, -0.1) is 5.06 Å². The molecule has 1 fully saturated rings. The van der Waals surface area contributed by atoms with Gasteiger partial charge in [-0.05, 0) is 6.42 Å². The second kappa shape index (κ2) is 8.84. The van der Waals surface area contributed by atoms with Crippen LogP contribution in [0.15, 0.2) is 0 Å². The minimum absolute atomic E-state index is 0. The molecule has 0 aromatic carbocycles. The predicted octanol–water partition coefficient (Wildman–Crippen LogP) is -2.45. The van der Waals surface area contributed by atoms with E-state index in [-0.39, 0.29) is 42.5 Å². The van der Waals surface area contributed by atoms with Crippen LogP contribution < -0.4 is 29.6 Å². The van der Waals surface area contributed by atoms with E-state index in [0.29, 0.717) is 6.42 Å². The van der Waals surface area contributed by atoms with Gasteiger partial charge in [-0.3, -0.25) is 14.1 Å². The summed E-state index contributed by atoms with van der Waals surface area (Å²) >= 11 is 0. The smallest absolute Gasteiger partial charge is 1.00 e. The van der Waals surface area contributed by atoms with Gasteiger partial charge in [0.2, 0.25) is 0 Å². The Labute approximate surface area is 146 Å². The monoisotopic (exact) mass is 331 g/mol. The molecule has 116 valence electrons. The van der Waals surface area contributed by atoms with Crippen LogP contribution in [0.5, 0.6) is 0 Å². The Balaban J connectivity index is 0. The summed E-state index contributed by atoms with van der Waals surface area (Å²) in [5.74, 6) is -2.97. The summed E-state index contributed by atoms with van der Waals surface area (Å²) in [6, 6.07) is 0. The Morgan fingerprint density at radius 1 is 1.38 bits per heavy atom. The molecule has 1 saturated heterocycles. The van der Waals surface area contributed by atoms with Crippen LogP contribution in [0.4, 0.5) is 0 Å². The van der Waals surface area contributed by atoms with Gasteiger partial charge >= 0.3 is 35.5 Å². The molecule has 21 heavy (non-hydrogen) atoms. The summed E-state index contributed by atoms with van der Waals surface area (Å²) < 4.78 is 30.6. The van der Waals surface area contributed by atoms with E-state index >= 15 is 0 Å². The molecule has 10 heteroatoms. The van der Waals surface area contributed by atoms with Gasteiger partial charge in [-0.25, -0.2) is 4.79 Å². The second-order valence-corrected chi connectivity index (χ2v) is 6.11. The molecular weight excluding hydrogens is 313 g/mol. The van der Waals surface area contributed by atoms with Crippen LogP contribution in [0.25, 0.3) is 0 Å². The second-order valence-electron chi connectivity index (χ2n) is 4.51. The van der Waals surface area contributed by atoms with Gasteiger partial charge in [-0.2, -0.15) is 8.42 Å². The molecule has 8 nitrogen and oxygen atoms in total. The van der Waals surface area contributed by atoms with Crippen molar-refractivity contribution in [2.24, 2.45) is 0 Å². The van der Waals surface area contributed by atoms with Crippen LogP contribution in [0.1, 0.15) is 46.9 Å². The van der Waals surface area contributed by atoms with Crippen LogP contribution in [0.2, 0.25) is 0 Å². The van der Waals surface area contributed by atoms with Crippen molar-refractivity contribution in [2.45, 2.75) is 50.7 Å². The van der Waals surface area contributed by atoms with E-state index < -0.39 is 39.6 Å². The van der Waals surface area contributed by atoms with E-state index in [1.807, 2.05) is 6.92 Å². The first-order chi connectivity index (χ1) is 9.27. The number of rotatable bonds is 7. The van der Waals surface area contributed by atoms with E-state index in [1.54, 1.807) is 0 Å². The summed E-state index contributed by atoms with van der Waals surface area (Å²) in [6.07, 6.45) is 2.65. The zero-order valence-corrected chi connectivity index (χ0v) is 14.9. The fourth-order valence-corrected chi connectivity index (χ4v) is 2.46. The van der Waals surface area contributed by atoms with Crippen LogP contribution in [-0.4, -0.2) is 41.1 Å². The van der Waals surface area contributed by atoms with Crippen LogP contribution in [-0.2, 0) is 29.3 Å². The van der Waals surface area contributed by atoms with Crippen LogP contribution in [0, 0.1) is 0 Å². The van der Waals surface area contributed by atoms with E-state index in [2.05, 4.69) is 4.84 Å². The van der Waals surface area contributed by atoms with Crippen LogP contribution >= 0.6 is 0 Å². The molecule has 2 amide bonds. The zero-order valence-electron chi connectivity index (χ0n) is 13.1. The Morgan fingerprint density at radius 2 is 2.00 bits per heavy atom. The fourth-order valence-electron chi connectivity index (χ4n) is 1.75. The van der Waals surface area contributed by atoms with E-state index in [4.69, 9.17) is 4.55 Å². The molecule has 1 aliphatic heterocycles. The number of imide groups is 1. The Morgan fingerprint density at radius 3 is 2.48 bits per heavy atom. The Bertz CT molecular complexity index is 511. The van der Waals surface area contributed by atoms with E-state index in [0.717, 1.165) is 19.3 Å². The average Bonchev–Trinajstić information content (AvgIpc) is 2.62. The van der Waals surface area contributed by atoms with Gasteiger partial charge in [0.05, 0.1) is 6.42 Å². The number of carbonyl (C=O) groups excluding carboxylic acids is 3. The number of nitrogens with zero attached hydrogens (tertiary/aromatic N) is 1. The molecule has 1 heterocycles. The maximum Gasteiger partial charge on any atom is 1.00 e. The number of hydrogen-bond acceptors (Lipinski definition) is 6. The third-order valence-corrected chi connectivity index (χ3v) is 3.94.